The lowest BCUT2D eigenvalue weighted by Gasteiger charge is -2.05. The number of aromatic nitrogens is 1. The lowest BCUT2D eigenvalue weighted by molar-refractivity contribution is 0.0697. The maximum Gasteiger partial charge on any atom is 0.349 e. The summed E-state index contributed by atoms with van der Waals surface area (Å²) in [5.74, 6) is -0.548. The van der Waals surface area contributed by atoms with E-state index in [1.54, 1.807) is 6.07 Å². The number of hydrogen-bond acceptors (Lipinski definition) is 4. The first-order chi connectivity index (χ1) is 8.56. The highest BCUT2D eigenvalue weighted by Gasteiger charge is 2.15. The second-order valence-corrected chi connectivity index (χ2v) is 5.17. The molecule has 1 N–H and O–H groups in total. The van der Waals surface area contributed by atoms with Crippen molar-refractivity contribution in [2.45, 2.75) is 20.5 Å². The SMILES string of the molecule is Cc1cccc(COc2cc(C)sc2C(=O)O)n1. The topological polar surface area (TPSA) is 59.4 Å². The molecule has 0 radical (unpaired) electrons. The van der Waals surface area contributed by atoms with E-state index in [2.05, 4.69) is 4.98 Å². The Labute approximate surface area is 109 Å². The van der Waals surface area contributed by atoms with E-state index in [-0.39, 0.29) is 11.5 Å². The van der Waals surface area contributed by atoms with Crippen LogP contribution < -0.4 is 4.74 Å². The maximum absolute atomic E-state index is 11.0. The van der Waals surface area contributed by atoms with E-state index in [1.165, 1.54) is 11.3 Å². The Kier molecular flexibility index (Phi) is 3.62. The number of pyridine rings is 1. The van der Waals surface area contributed by atoms with Crippen LogP contribution in [0, 0.1) is 13.8 Å². The van der Waals surface area contributed by atoms with Crippen LogP contribution in [0.25, 0.3) is 0 Å². The highest BCUT2D eigenvalue weighted by Crippen LogP contribution is 2.29. The van der Waals surface area contributed by atoms with Gasteiger partial charge in [0.1, 0.15) is 12.4 Å². The highest BCUT2D eigenvalue weighted by molar-refractivity contribution is 7.14. The summed E-state index contributed by atoms with van der Waals surface area (Å²) in [6, 6.07) is 7.40. The monoisotopic (exact) mass is 263 g/mol. The molecule has 0 atom stereocenters. The molecular formula is C13H13NO3S. The van der Waals surface area contributed by atoms with Crippen molar-refractivity contribution in [3.8, 4) is 5.75 Å². The summed E-state index contributed by atoms with van der Waals surface area (Å²) < 4.78 is 5.53. The predicted molar refractivity (Wildman–Crippen MR) is 69.3 cm³/mol. The van der Waals surface area contributed by atoms with Gasteiger partial charge in [0.05, 0.1) is 5.69 Å². The average molecular weight is 263 g/mol. The van der Waals surface area contributed by atoms with E-state index >= 15 is 0 Å². The molecule has 0 saturated heterocycles. The van der Waals surface area contributed by atoms with Crippen LogP contribution in [-0.2, 0) is 6.61 Å². The van der Waals surface area contributed by atoms with Gasteiger partial charge in [-0.2, -0.15) is 0 Å². The zero-order chi connectivity index (χ0) is 13.1. The molecule has 2 heterocycles. The number of carboxylic acids is 1. The molecular weight excluding hydrogens is 250 g/mol. The molecule has 4 nitrogen and oxygen atoms in total. The van der Waals surface area contributed by atoms with Crippen molar-refractivity contribution in [3.05, 3.63) is 45.4 Å². The van der Waals surface area contributed by atoms with Crippen LogP contribution in [0.5, 0.6) is 5.75 Å². The van der Waals surface area contributed by atoms with Gasteiger partial charge in [-0.1, -0.05) is 6.07 Å². The number of thiophene rings is 1. The number of hydrogen-bond donors (Lipinski definition) is 1. The minimum absolute atomic E-state index is 0.236. The molecule has 0 aliphatic heterocycles. The second-order valence-electron chi connectivity index (χ2n) is 3.91. The average Bonchev–Trinajstić information content (AvgIpc) is 2.68. The number of aryl methyl sites for hydroxylation is 2. The van der Waals surface area contributed by atoms with Gasteiger partial charge < -0.3 is 9.84 Å². The zero-order valence-electron chi connectivity index (χ0n) is 10.1. The lowest BCUT2D eigenvalue weighted by atomic mass is 10.3. The Hall–Kier alpha value is -1.88. The molecule has 0 spiro atoms. The Bertz CT molecular complexity index is 577. The Morgan fingerprint density at radius 2 is 2.22 bits per heavy atom. The van der Waals surface area contributed by atoms with Gasteiger partial charge in [0, 0.05) is 10.6 Å². The first-order valence-corrected chi connectivity index (χ1v) is 6.27. The van der Waals surface area contributed by atoms with Gasteiger partial charge in [-0.15, -0.1) is 11.3 Å². The number of nitrogens with zero attached hydrogens (tertiary/aromatic N) is 1. The van der Waals surface area contributed by atoms with Crippen molar-refractivity contribution in [3.63, 3.8) is 0 Å². The lowest BCUT2D eigenvalue weighted by Crippen LogP contribution is -2.02. The van der Waals surface area contributed by atoms with E-state index in [4.69, 9.17) is 9.84 Å². The largest absolute Gasteiger partial charge is 0.485 e. The minimum atomic E-state index is -0.958. The standard InChI is InChI=1S/C13H13NO3S/c1-8-4-3-5-10(14-8)7-17-11-6-9(2)18-12(11)13(15)16/h3-6H,7H2,1-2H3,(H,15,16). The number of carbonyl (C=O) groups is 1. The predicted octanol–water partition coefficient (Wildman–Crippen LogP) is 3.04. The van der Waals surface area contributed by atoms with Gasteiger partial charge >= 0.3 is 5.97 Å². The first-order valence-electron chi connectivity index (χ1n) is 5.45. The maximum atomic E-state index is 11.0. The molecule has 2 aromatic heterocycles. The number of ether oxygens (including phenoxy) is 1. The van der Waals surface area contributed by atoms with Gasteiger partial charge in [-0.3, -0.25) is 4.98 Å². The van der Waals surface area contributed by atoms with Crippen LogP contribution in [0.1, 0.15) is 25.9 Å². The molecule has 0 aliphatic rings. The molecule has 0 amide bonds. The van der Waals surface area contributed by atoms with Crippen LogP contribution in [0.4, 0.5) is 0 Å². The van der Waals surface area contributed by atoms with Crippen LogP contribution in [0.3, 0.4) is 0 Å². The Balaban J connectivity index is 2.13. The second kappa shape index (κ2) is 5.18. The number of carboxylic acid groups (broad SMARTS) is 1. The van der Waals surface area contributed by atoms with Gasteiger partial charge in [0.25, 0.3) is 0 Å². The fraction of sp³-hybridized carbons (Fsp3) is 0.231. The van der Waals surface area contributed by atoms with Gasteiger partial charge in [0.2, 0.25) is 0 Å². The van der Waals surface area contributed by atoms with E-state index in [0.29, 0.717) is 5.75 Å². The van der Waals surface area contributed by atoms with E-state index in [1.807, 2.05) is 32.0 Å². The molecule has 0 aliphatic carbocycles. The van der Waals surface area contributed by atoms with E-state index in [9.17, 15) is 4.79 Å². The normalized spacial score (nSPS) is 10.3. The molecule has 2 rings (SSSR count). The van der Waals surface area contributed by atoms with Crippen molar-refractivity contribution in [2.75, 3.05) is 0 Å². The van der Waals surface area contributed by atoms with Crippen LogP contribution in [0.2, 0.25) is 0 Å². The number of rotatable bonds is 4. The zero-order valence-corrected chi connectivity index (χ0v) is 11.0. The first kappa shape index (κ1) is 12.6. The van der Waals surface area contributed by atoms with Crippen molar-refractivity contribution in [1.82, 2.24) is 4.98 Å². The summed E-state index contributed by atoms with van der Waals surface area (Å²) in [7, 11) is 0. The quantitative estimate of drug-likeness (QED) is 0.921. The van der Waals surface area contributed by atoms with Crippen molar-refractivity contribution in [2.24, 2.45) is 0 Å². The molecule has 0 unspecified atom stereocenters. The van der Waals surface area contributed by atoms with Gasteiger partial charge in [0.15, 0.2) is 4.88 Å². The van der Waals surface area contributed by atoms with Crippen LogP contribution >= 0.6 is 11.3 Å². The molecule has 94 valence electrons. The smallest absolute Gasteiger partial charge is 0.349 e. The third-order valence-electron chi connectivity index (χ3n) is 2.34. The minimum Gasteiger partial charge on any atom is -0.485 e. The summed E-state index contributed by atoms with van der Waals surface area (Å²) >= 11 is 1.22. The summed E-state index contributed by atoms with van der Waals surface area (Å²) in [4.78, 5) is 16.5. The summed E-state index contributed by atoms with van der Waals surface area (Å²) in [5, 5.41) is 9.04. The van der Waals surface area contributed by atoms with Crippen molar-refractivity contribution < 1.29 is 14.6 Å². The molecule has 0 saturated carbocycles. The Morgan fingerprint density at radius 1 is 1.44 bits per heavy atom. The third-order valence-corrected chi connectivity index (χ3v) is 3.36. The summed E-state index contributed by atoms with van der Waals surface area (Å²) in [6.45, 7) is 4.04. The summed E-state index contributed by atoms with van der Waals surface area (Å²) in [5.41, 5.74) is 1.70. The van der Waals surface area contributed by atoms with E-state index in [0.717, 1.165) is 16.3 Å². The fourth-order valence-electron chi connectivity index (χ4n) is 1.58. The molecule has 2 aromatic rings. The molecule has 0 fully saturated rings. The summed E-state index contributed by atoms with van der Waals surface area (Å²) in [6.07, 6.45) is 0. The Morgan fingerprint density at radius 3 is 2.89 bits per heavy atom. The van der Waals surface area contributed by atoms with Crippen LogP contribution in [-0.4, -0.2) is 16.1 Å². The highest BCUT2D eigenvalue weighted by atomic mass is 32.1. The molecule has 5 heteroatoms. The van der Waals surface area contributed by atoms with Crippen molar-refractivity contribution in [1.29, 1.82) is 0 Å². The fourth-order valence-corrected chi connectivity index (χ4v) is 2.37. The number of aromatic carboxylic acids is 1. The van der Waals surface area contributed by atoms with E-state index < -0.39 is 5.97 Å². The van der Waals surface area contributed by atoms with Gasteiger partial charge in [-0.25, -0.2) is 4.79 Å². The van der Waals surface area contributed by atoms with Gasteiger partial charge in [-0.05, 0) is 32.0 Å². The molecule has 0 bridgehead atoms. The van der Waals surface area contributed by atoms with Crippen LogP contribution in [0.15, 0.2) is 24.3 Å². The third kappa shape index (κ3) is 2.87. The molecule has 18 heavy (non-hydrogen) atoms. The molecule has 0 aromatic carbocycles. The van der Waals surface area contributed by atoms with Crippen molar-refractivity contribution >= 4 is 17.3 Å².